The largest absolute Gasteiger partial charge is 0.465 e. The van der Waals surface area contributed by atoms with Crippen LogP contribution in [0.4, 0.5) is 0 Å². The van der Waals surface area contributed by atoms with Crippen molar-refractivity contribution in [3.8, 4) is 11.4 Å². The van der Waals surface area contributed by atoms with E-state index in [-0.39, 0.29) is 30.3 Å². The number of aromatic nitrogens is 2. The molecule has 0 radical (unpaired) electrons. The highest BCUT2D eigenvalue weighted by molar-refractivity contribution is 5.89. The Kier molecular flexibility index (Phi) is 5.87. The van der Waals surface area contributed by atoms with Crippen LogP contribution in [-0.2, 0) is 4.74 Å². The molecule has 2 N–H and O–H groups in total. The summed E-state index contributed by atoms with van der Waals surface area (Å²) in [5, 5.41) is 3.93. The summed E-state index contributed by atoms with van der Waals surface area (Å²) >= 11 is 0. The SMILES string of the molecule is COC(=O)c1ccc(-c2noc(C(C)C(C)N)n2)cc1.Cl. The van der Waals surface area contributed by atoms with Crippen molar-refractivity contribution in [1.82, 2.24) is 10.1 Å². The quantitative estimate of drug-likeness (QED) is 0.872. The molecule has 0 fully saturated rings. The second kappa shape index (κ2) is 7.19. The Bertz CT molecular complexity index is 596. The number of carbonyl (C=O) groups excluding carboxylic acids is 1. The van der Waals surface area contributed by atoms with Crippen molar-refractivity contribution in [2.24, 2.45) is 5.73 Å². The van der Waals surface area contributed by atoms with Gasteiger partial charge in [-0.15, -0.1) is 12.4 Å². The highest BCUT2D eigenvalue weighted by Crippen LogP contribution is 2.21. The van der Waals surface area contributed by atoms with E-state index in [1.807, 2.05) is 13.8 Å². The number of ether oxygens (including phenoxy) is 1. The number of nitrogens with two attached hydrogens (primary N) is 1. The molecule has 0 spiro atoms. The molecule has 2 unspecified atom stereocenters. The van der Waals surface area contributed by atoms with Gasteiger partial charge in [0.25, 0.3) is 0 Å². The maximum Gasteiger partial charge on any atom is 0.337 e. The van der Waals surface area contributed by atoms with Crippen LogP contribution in [0.5, 0.6) is 0 Å². The summed E-state index contributed by atoms with van der Waals surface area (Å²) in [7, 11) is 1.34. The van der Waals surface area contributed by atoms with Gasteiger partial charge in [-0.05, 0) is 19.1 Å². The topological polar surface area (TPSA) is 91.2 Å². The first-order valence-electron chi connectivity index (χ1n) is 6.31. The van der Waals surface area contributed by atoms with Crippen molar-refractivity contribution in [2.75, 3.05) is 7.11 Å². The van der Waals surface area contributed by atoms with Gasteiger partial charge in [0.1, 0.15) is 0 Å². The van der Waals surface area contributed by atoms with E-state index in [0.717, 1.165) is 5.56 Å². The Morgan fingerprint density at radius 3 is 2.43 bits per heavy atom. The third-order valence-corrected chi connectivity index (χ3v) is 3.18. The minimum Gasteiger partial charge on any atom is -0.465 e. The van der Waals surface area contributed by atoms with Crippen molar-refractivity contribution in [1.29, 1.82) is 0 Å². The first-order chi connectivity index (χ1) is 9.52. The molecule has 1 heterocycles. The molecule has 0 aliphatic carbocycles. The highest BCUT2D eigenvalue weighted by atomic mass is 35.5. The molecule has 0 aliphatic heterocycles. The lowest BCUT2D eigenvalue weighted by atomic mass is 10.1. The van der Waals surface area contributed by atoms with Crippen molar-refractivity contribution in [3.63, 3.8) is 0 Å². The fourth-order valence-electron chi connectivity index (χ4n) is 1.64. The zero-order valence-electron chi connectivity index (χ0n) is 12.1. The first kappa shape index (κ1) is 17.1. The number of nitrogens with zero attached hydrogens (tertiary/aromatic N) is 2. The van der Waals surface area contributed by atoms with Crippen LogP contribution in [0.2, 0.25) is 0 Å². The predicted octanol–water partition coefficient (Wildman–Crippen LogP) is 2.40. The number of hydrogen-bond donors (Lipinski definition) is 1. The molecule has 0 bridgehead atoms. The van der Waals surface area contributed by atoms with Gasteiger partial charge in [-0.3, -0.25) is 0 Å². The van der Waals surface area contributed by atoms with Crippen LogP contribution in [0.25, 0.3) is 11.4 Å². The van der Waals surface area contributed by atoms with Crippen LogP contribution < -0.4 is 5.73 Å². The maximum absolute atomic E-state index is 11.3. The van der Waals surface area contributed by atoms with Crippen LogP contribution in [-0.4, -0.2) is 29.3 Å². The molecule has 6 nitrogen and oxygen atoms in total. The van der Waals surface area contributed by atoms with Gasteiger partial charge in [0, 0.05) is 11.6 Å². The number of esters is 1. The normalized spacial score (nSPS) is 13.1. The number of carbonyl (C=O) groups is 1. The van der Waals surface area contributed by atoms with Gasteiger partial charge in [0.05, 0.1) is 18.6 Å². The zero-order valence-corrected chi connectivity index (χ0v) is 12.9. The molecule has 2 aromatic rings. The second-order valence-corrected chi connectivity index (χ2v) is 4.67. The molecular formula is C14H18ClN3O3. The van der Waals surface area contributed by atoms with E-state index in [1.165, 1.54) is 7.11 Å². The molecule has 21 heavy (non-hydrogen) atoms. The standard InChI is InChI=1S/C14H17N3O3.ClH/c1-8(9(2)15)13-16-12(17-20-13)10-4-6-11(7-5-10)14(18)19-3;/h4-9H,15H2,1-3H3;1H. The monoisotopic (exact) mass is 311 g/mol. The van der Waals surface area contributed by atoms with Gasteiger partial charge in [-0.25, -0.2) is 4.79 Å². The number of methoxy groups -OCH3 is 1. The molecule has 2 rings (SSSR count). The van der Waals surface area contributed by atoms with Gasteiger partial charge in [0.2, 0.25) is 11.7 Å². The molecule has 2 atom stereocenters. The Morgan fingerprint density at radius 1 is 1.29 bits per heavy atom. The fourth-order valence-corrected chi connectivity index (χ4v) is 1.64. The van der Waals surface area contributed by atoms with Gasteiger partial charge < -0.3 is 15.0 Å². The van der Waals surface area contributed by atoms with Crippen molar-refractivity contribution < 1.29 is 14.1 Å². The molecule has 0 saturated carbocycles. The summed E-state index contributed by atoms with van der Waals surface area (Å²) in [4.78, 5) is 15.7. The van der Waals surface area contributed by atoms with Crippen LogP contribution >= 0.6 is 12.4 Å². The summed E-state index contributed by atoms with van der Waals surface area (Å²) in [5.74, 6) is 0.595. The molecule has 0 aliphatic rings. The minimum atomic E-state index is -0.379. The fraction of sp³-hybridized carbons (Fsp3) is 0.357. The molecule has 1 aromatic carbocycles. The smallest absolute Gasteiger partial charge is 0.337 e. The van der Waals surface area contributed by atoms with Crippen LogP contribution in [0.1, 0.15) is 36.0 Å². The molecule has 0 saturated heterocycles. The van der Waals surface area contributed by atoms with E-state index < -0.39 is 0 Å². The van der Waals surface area contributed by atoms with Gasteiger partial charge in [0.15, 0.2) is 0 Å². The summed E-state index contributed by atoms with van der Waals surface area (Å²) in [6.07, 6.45) is 0. The third-order valence-electron chi connectivity index (χ3n) is 3.18. The van der Waals surface area contributed by atoms with Crippen molar-refractivity contribution in [3.05, 3.63) is 35.7 Å². The Labute approximate surface area is 129 Å². The summed E-state index contributed by atoms with van der Waals surface area (Å²) < 4.78 is 9.85. The Hall–Kier alpha value is -1.92. The van der Waals surface area contributed by atoms with Crippen molar-refractivity contribution in [2.45, 2.75) is 25.8 Å². The average Bonchev–Trinajstić information content (AvgIpc) is 2.95. The minimum absolute atomic E-state index is 0. The number of rotatable bonds is 4. The molecule has 1 aromatic heterocycles. The van der Waals surface area contributed by atoms with Crippen LogP contribution in [0, 0.1) is 0 Å². The number of benzene rings is 1. The van der Waals surface area contributed by atoms with Crippen LogP contribution in [0.3, 0.4) is 0 Å². The number of halogens is 1. The summed E-state index contributed by atoms with van der Waals surface area (Å²) in [6, 6.07) is 6.75. The molecule has 7 heteroatoms. The predicted molar refractivity (Wildman–Crippen MR) is 80.4 cm³/mol. The second-order valence-electron chi connectivity index (χ2n) is 4.67. The van der Waals surface area contributed by atoms with Crippen molar-refractivity contribution >= 4 is 18.4 Å². The van der Waals surface area contributed by atoms with E-state index in [4.69, 9.17) is 10.3 Å². The van der Waals surface area contributed by atoms with E-state index in [2.05, 4.69) is 14.9 Å². The van der Waals surface area contributed by atoms with E-state index in [9.17, 15) is 4.79 Å². The average molecular weight is 312 g/mol. The number of hydrogen-bond acceptors (Lipinski definition) is 6. The third kappa shape index (κ3) is 3.80. The summed E-state index contributed by atoms with van der Waals surface area (Å²) in [6.45, 7) is 3.82. The lowest BCUT2D eigenvalue weighted by Gasteiger charge is -2.09. The van der Waals surface area contributed by atoms with Gasteiger partial charge in [-0.1, -0.05) is 24.2 Å². The summed E-state index contributed by atoms with van der Waals surface area (Å²) in [5.41, 5.74) is 7.05. The van der Waals surface area contributed by atoms with E-state index >= 15 is 0 Å². The molecular weight excluding hydrogens is 294 g/mol. The van der Waals surface area contributed by atoms with E-state index in [1.54, 1.807) is 24.3 Å². The first-order valence-corrected chi connectivity index (χ1v) is 6.31. The van der Waals surface area contributed by atoms with E-state index in [0.29, 0.717) is 17.3 Å². The lowest BCUT2D eigenvalue weighted by molar-refractivity contribution is 0.0601. The molecule has 0 amide bonds. The Morgan fingerprint density at radius 2 is 1.90 bits per heavy atom. The van der Waals surface area contributed by atoms with Gasteiger partial charge in [-0.2, -0.15) is 4.98 Å². The lowest BCUT2D eigenvalue weighted by Crippen LogP contribution is -2.22. The molecule has 114 valence electrons. The van der Waals surface area contributed by atoms with Crippen LogP contribution in [0.15, 0.2) is 28.8 Å². The zero-order chi connectivity index (χ0) is 14.7. The highest BCUT2D eigenvalue weighted by Gasteiger charge is 2.18. The van der Waals surface area contributed by atoms with Gasteiger partial charge >= 0.3 is 5.97 Å². The maximum atomic E-state index is 11.3. The Balaban J connectivity index is 0.00000220.